The van der Waals surface area contributed by atoms with Crippen LogP contribution in [0.5, 0.6) is 0 Å². The summed E-state index contributed by atoms with van der Waals surface area (Å²) in [6.45, 7) is 20.2. The van der Waals surface area contributed by atoms with E-state index in [2.05, 4.69) is 84.9 Å². The molecule has 15 heteroatoms. The van der Waals surface area contributed by atoms with Gasteiger partial charge in [-0.25, -0.2) is 0 Å². The molecule has 1 atom stereocenters. The number of aromatic nitrogens is 1. The molecule has 0 N–H and O–H groups in total. The van der Waals surface area contributed by atoms with Crippen LogP contribution in [0.15, 0.2) is 103 Å². The van der Waals surface area contributed by atoms with Gasteiger partial charge in [-0.2, -0.15) is 13.2 Å². The smallest absolute Gasteiger partial charge is 0.415 e. The SMILES string of the molecule is CC(=O)N1CCN(c2ccc(CN(C(=O)C=Cc3ccc(C(F)(F)F)nc3)C(Cc3ccccc3)C(=O)N3CCN(Cc4ccc(N(C)CCO[Si](C)(C)C(C)(C)C)cc4)CC3)cc2)CC1. The van der Waals surface area contributed by atoms with E-state index >= 15 is 0 Å². The standard InChI is InChI=1S/C51H66F3N7O4Si/c1-39(62)58-29-31-59(32-30-58)45-21-15-43(16-22-45)38-61(48(63)24-18-41-17-23-47(55-36-41)51(52,53)54)46(35-40-11-9-8-10-12-40)49(64)60-27-25-57(26-28-60)37-42-13-19-44(20-14-42)56(5)33-34-65-66(6,7)50(2,3)4/h8-24,36,46H,25-35,37-38H2,1-7H3. The van der Waals surface area contributed by atoms with Crippen LogP contribution in [0, 0.1) is 0 Å². The Hall–Kier alpha value is -5.51. The third kappa shape index (κ3) is 13.5. The van der Waals surface area contributed by atoms with Gasteiger partial charge in [-0.3, -0.25) is 24.3 Å². The normalized spacial score (nSPS) is 15.8. The number of alkyl halides is 3. The third-order valence-electron chi connectivity index (χ3n) is 13.3. The first-order chi connectivity index (χ1) is 31.3. The van der Waals surface area contributed by atoms with Gasteiger partial charge in [-0.15, -0.1) is 0 Å². The van der Waals surface area contributed by atoms with Gasteiger partial charge in [0.2, 0.25) is 17.7 Å². The molecule has 2 aliphatic rings. The fourth-order valence-electron chi connectivity index (χ4n) is 7.97. The van der Waals surface area contributed by atoms with Crippen molar-refractivity contribution in [2.24, 2.45) is 0 Å². The van der Waals surface area contributed by atoms with E-state index in [0.717, 1.165) is 47.9 Å². The molecule has 0 bridgehead atoms. The van der Waals surface area contributed by atoms with Crippen LogP contribution in [0.3, 0.4) is 0 Å². The molecule has 4 aromatic rings. The highest BCUT2D eigenvalue weighted by Gasteiger charge is 2.37. The molecule has 0 saturated carbocycles. The van der Waals surface area contributed by atoms with Crippen molar-refractivity contribution in [3.05, 3.63) is 131 Å². The number of nitrogens with zero attached hydrogens (tertiary/aromatic N) is 7. The first-order valence-electron chi connectivity index (χ1n) is 22.9. The van der Waals surface area contributed by atoms with Gasteiger partial charge < -0.3 is 28.9 Å². The molecule has 3 heterocycles. The van der Waals surface area contributed by atoms with E-state index in [4.69, 9.17) is 4.43 Å². The van der Waals surface area contributed by atoms with E-state index in [0.29, 0.717) is 64.5 Å². The summed E-state index contributed by atoms with van der Waals surface area (Å²) in [5, 5.41) is 0.166. The van der Waals surface area contributed by atoms with Crippen molar-refractivity contribution < 1.29 is 32.0 Å². The Morgan fingerprint density at radius 1 is 0.788 bits per heavy atom. The number of halogens is 3. The minimum Gasteiger partial charge on any atom is -0.415 e. The van der Waals surface area contributed by atoms with Crippen molar-refractivity contribution in [1.29, 1.82) is 0 Å². The monoisotopic (exact) mass is 925 g/mol. The highest BCUT2D eigenvalue weighted by Crippen LogP contribution is 2.36. The number of anilines is 2. The first-order valence-corrected chi connectivity index (χ1v) is 25.8. The second-order valence-electron chi connectivity index (χ2n) is 18.9. The second-order valence-corrected chi connectivity index (χ2v) is 23.7. The largest absolute Gasteiger partial charge is 0.433 e. The summed E-state index contributed by atoms with van der Waals surface area (Å²) < 4.78 is 46.2. The summed E-state index contributed by atoms with van der Waals surface area (Å²) in [5.74, 6) is -0.560. The number of hydrogen-bond acceptors (Lipinski definition) is 8. The van der Waals surface area contributed by atoms with Crippen molar-refractivity contribution >= 4 is 43.5 Å². The lowest BCUT2D eigenvalue weighted by atomic mass is 10.0. The molecule has 0 spiro atoms. The highest BCUT2D eigenvalue weighted by molar-refractivity contribution is 6.74. The number of amides is 3. The zero-order chi connectivity index (χ0) is 47.6. The molecule has 3 amide bonds. The van der Waals surface area contributed by atoms with Crippen LogP contribution in [0.4, 0.5) is 24.5 Å². The van der Waals surface area contributed by atoms with Gasteiger partial charge >= 0.3 is 6.18 Å². The van der Waals surface area contributed by atoms with E-state index < -0.39 is 32.1 Å². The van der Waals surface area contributed by atoms with E-state index in [-0.39, 0.29) is 29.8 Å². The molecule has 6 rings (SSSR count). The van der Waals surface area contributed by atoms with Gasteiger partial charge in [0, 0.05) is 116 Å². The summed E-state index contributed by atoms with van der Waals surface area (Å²) in [6.07, 6.45) is -0.499. The first kappa shape index (κ1) is 49.9. The summed E-state index contributed by atoms with van der Waals surface area (Å²) in [4.78, 5) is 56.8. The van der Waals surface area contributed by atoms with E-state index in [1.54, 1.807) is 11.8 Å². The summed E-state index contributed by atoms with van der Waals surface area (Å²) in [7, 11) is 0.271. The van der Waals surface area contributed by atoms with Crippen LogP contribution in [-0.4, -0.2) is 129 Å². The van der Waals surface area contributed by atoms with Gasteiger partial charge in [-0.1, -0.05) is 81.4 Å². The lowest BCUT2D eigenvalue weighted by Gasteiger charge is -2.39. The summed E-state index contributed by atoms with van der Waals surface area (Å²) >= 11 is 0. The van der Waals surface area contributed by atoms with Crippen molar-refractivity contribution in [1.82, 2.24) is 24.6 Å². The lowest BCUT2D eigenvalue weighted by Crippen LogP contribution is -2.56. The molecule has 0 aliphatic carbocycles. The van der Waals surface area contributed by atoms with Gasteiger partial charge in [0.05, 0.1) is 6.61 Å². The Balaban J connectivity index is 1.16. The van der Waals surface area contributed by atoms with Crippen molar-refractivity contribution in [2.75, 3.05) is 82.4 Å². The van der Waals surface area contributed by atoms with E-state index in [1.807, 2.05) is 64.4 Å². The summed E-state index contributed by atoms with van der Waals surface area (Å²) in [6, 6.07) is 27.4. The number of carbonyl (C=O) groups excluding carboxylic acids is 3. The van der Waals surface area contributed by atoms with Crippen LogP contribution in [0.1, 0.15) is 55.6 Å². The van der Waals surface area contributed by atoms with E-state index in [9.17, 15) is 27.6 Å². The number of likely N-dealkylation sites (N-methyl/N-ethyl adjacent to an activating group) is 1. The number of piperazine rings is 2. The molecule has 11 nitrogen and oxygen atoms in total. The number of rotatable bonds is 16. The Bertz CT molecular complexity index is 2240. The van der Waals surface area contributed by atoms with Crippen molar-refractivity contribution in [2.45, 2.75) is 77.6 Å². The minimum absolute atomic E-state index is 0.0592. The predicted molar refractivity (Wildman–Crippen MR) is 258 cm³/mol. The third-order valence-corrected chi connectivity index (χ3v) is 17.8. The Kier molecular flexibility index (Phi) is 16.5. The highest BCUT2D eigenvalue weighted by atomic mass is 28.4. The van der Waals surface area contributed by atoms with Gasteiger partial charge in [-0.05, 0) is 76.8 Å². The second kappa shape index (κ2) is 21.9. The number of pyridine rings is 1. The fourth-order valence-corrected chi connectivity index (χ4v) is 9.00. The minimum atomic E-state index is -4.59. The molecular weight excluding hydrogens is 860 g/mol. The van der Waals surface area contributed by atoms with Crippen LogP contribution < -0.4 is 9.80 Å². The van der Waals surface area contributed by atoms with Gasteiger partial charge in [0.1, 0.15) is 11.7 Å². The maximum absolute atomic E-state index is 14.9. The van der Waals surface area contributed by atoms with Crippen molar-refractivity contribution in [3.8, 4) is 0 Å². The van der Waals surface area contributed by atoms with Crippen LogP contribution in [-0.2, 0) is 44.5 Å². The quantitative estimate of drug-likeness (QED) is 0.0821. The predicted octanol–water partition coefficient (Wildman–Crippen LogP) is 8.22. The van der Waals surface area contributed by atoms with E-state index in [1.165, 1.54) is 23.8 Å². The molecular formula is C51H66F3N7O4Si. The molecule has 2 aliphatic heterocycles. The zero-order valence-corrected chi connectivity index (χ0v) is 40.6. The maximum Gasteiger partial charge on any atom is 0.433 e. The Morgan fingerprint density at radius 2 is 1.41 bits per heavy atom. The van der Waals surface area contributed by atoms with Gasteiger partial charge in [0.15, 0.2) is 8.32 Å². The molecule has 1 aromatic heterocycles. The number of benzene rings is 3. The summed E-state index contributed by atoms with van der Waals surface area (Å²) in [5.41, 5.74) is 4.30. The number of hydrogen-bond donors (Lipinski definition) is 0. The zero-order valence-electron chi connectivity index (χ0n) is 39.6. The average Bonchev–Trinajstić information content (AvgIpc) is 3.29. The van der Waals surface area contributed by atoms with Gasteiger partial charge in [0.25, 0.3) is 0 Å². The molecule has 0 radical (unpaired) electrons. The lowest BCUT2D eigenvalue weighted by molar-refractivity contribution is -0.145. The molecule has 2 saturated heterocycles. The van der Waals surface area contributed by atoms with Crippen LogP contribution >= 0.6 is 0 Å². The molecule has 1 unspecified atom stereocenters. The van der Waals surface area contributed by atoms with Crippen LogP contribution in [0.2, 0.25) is 18.1 Å². The topological polar surface area (TPSA) is 92.8 Å². The van der Waals surface area contributed by atoms with Crippen LogP contribution in [0.25, 0.3) is 6.08 Å². The molecule has 354 valence electrons. The Labute approximate surface area is 389 Å². The number of carbonyl (C=O) groups is 3. The maximum atomic E-state index is 14.9. The Morgan fingerprint density at radius 3 is 1.98 bits per heavy atom. The molecule has 2 fully saturated rings. The van der Waals surface area contributed by atoms with Crippen molar-refractivity contribution in [3.63, 3.8) is 0 Å². The average molecular weight is 926 g/mol. The fraction of sp³-hybridized carbons (Fsp3) is 0.451. The molecule has 3 aromatic carbocycles. The molecule has 66 heavy (non-hydrogen) atoms.